The fourth-order valence-electron chi connectivity index (χ4n) is 0.905. The van der Waals surface area contributed by atoms with E-state index in [9.17, 15) is 14.4 Å². The van der Waals surface area contributed by atoms with Crippen molar-refractivity contribution < 1.29 is 24.2 Å². The number of Topliss-reactive ketones (excluding diaryl/α,β-unsaturated/α-hetero) is 1. The number of nitrogens with one attached hydrogen (secondary N) is 1. The second-order valence-corrected chi connectivity index (χ2v) is 3.90. The van der Waals surface area contributed by atoms with Gasteiger partial charge >= 0.3 is 5.97 Å². The molecule has 6 heteroatoms. The molecule has 1 amide bonds. The maximum Gasteiger partial charge on any atom is 0.305 e. The van der Waals surface area contributed by atoms with Gasteiger partial charge in [-0.05, 0) is 0 Å². The highest BCUT2D eigenvalue weighted by Crippen LogP contribution is 1.92. The lowest BCUT2D eigenvalue weighted by molar-refractivity contribution is -0.138. The molecule has 0 aromatic carbocycles. The van der Waals surface area contributed by atoms with Crippen LogP contribution < -0.4 is 5.32 Å². The van der Waals surface area contributed by atoms with E-state index in [2.05, 4.69) is 5.32 Å². The molecule has 0 saturated heterocycles. The number of hydrogen-bond donors (Lipinski definition) is 2. The molecule has 0 atom stereocenters. The molecule has 0 saturated carbocycles. The van der Waals surface area contributed by atoms with E-state index in [1.165, 1.54) is 0 Å². The van der Waals surface area contributed by atoms with Gasteiger partial charge in [0.05, 0.1) is 26.2 Å². The Morgan fingerprint density at radius 2 is 1.76 bits per heavy atom. The Labute approximate surface area is 100 Å². The number of carboxylic acid groups (broad SMARTS) is 1. The number of rotatable bonds is 9. The minimum Gasteiger partial charge on any atom is -0.481 e. The van der Waals surface area contributed by atoms with E-state index < -0.39 is 5.97 Å². The molecule has 0 fully saturated rings. The zero-order chi connectivity index (χ0) is 13.3. The van der Waals surface area contributed by atoms with Crippen LogP contribution in [0.5, 0.6) is 0 Å². The molecule has 0 rings (SSSR count). The van der Waals surface area contributed by atoms with Crippen LogP contribution in [0.3, 0.4) is 0 Å². The van der Waals surface area contributed by atoms with Crippen LogP contribution in [-0.2, 0) is 19.1 Å². The Hall–Kier alpha value is -1.43. The number of ketones is 1. The van der Waals surface area contributed by atoms with Gasteiger partial charge in [-0.1, -0.05) is 13.8 Å². The summed E-state index contributed by atoms with van der Waals surface area (Å²) in [6.07, 6.45) is 0.0540. The van der Waals surface area contributed by atoms with Gasteiger partial charge in [0.1, 0.15) is 0 Å². The van der Waals surface area contributed by atoms with E-state index in [-0.39, 0.29) is 50.2 Å². The first-order valence-electron chi connectivity index (χ1n) is 5.52. The molecule has 0 aliphatic rings. The summed E-state index contributed by atoms with van der Waals surface area (Å²) in [6, 6.07) is 0. The minimum absolute atomic E-state index is 0.0230. The third kappa shape index (κ3) is 9.50. The smallest absolute Gasteiger partial charge is 0.305 e. The quantitative estimate of drug-likeness (QED) is 0.566. The Morgan fingerprint density at radius 3 is 2.29 bits per heavy atom. The molecule has 0 radical (unpaired) electrons. The van der Waals surface area contributed by atoms with Crippen molar-refractivity contribution in [2.45, 2.75) is 26.7 Å². The molecule has 0 spiro atoms. The van der Waals surface area contributed by atoms with Gasteiger partial charge < -0.3 is 15.2 Å². The Morgan fingerprint density at radius 1 is 1.18 bits per heavy atom. The summed E-state index contributed by atoms with van der Waals surface area (Å²) in [5.74, 6) is -1.32. The van der Waals surface area contributed by atoms with Gasteiger partial charge in [0.25, 0.3) is 0 Å². The zero-order valence-electron chi connectivity index (χ0n) is 10.2. The molecule has 0 unspecified atom stereocenters. The largest absolute Gasteiger partial charge is 0.481 e. The lowest BCUT2D eigenvalue weighted by atomic mass is 10.1. The van der Waals surface area contributed by atoms with E-state index in [0.29, 0.717) is 0 Å². The lowest BCUT2D eigenvalue weighted by Crippen LogP contribution is -2.32. The van der Waals surface area contributed by atoms with Gasteiger partial charge in [-0.2, -0.15) is 0 Å². The molecule has 0 aliphatic heterocycles. The van der Waals surface area contributed by atoms with Crippen molar-refractivity contribution in [1.82, 2.24) is 5.32 Å². The number of carbonyl (C=O) groups excluding carboxylic acids is 2. The first kappa shape index (κ1) is 15.6. The third-order valence-corrected chi connectivity index (χ3v) is 2.04. The zero-order valence-corrected chi connectivity index (χ0v) is 10.2. The number of carboxylic acids is 1. The summed E-state index contributed by atoms with van der Waals surface area (Å²) < 4.78 is 4.94. The molecule has 0 bridgehead atoms. The normalized spacial score (nSPS) is 10.3. The van der Waals surface area contributed by atoms with Gasteiger partial charge in [0.2, 0.25) is 5.91 Å². The van der Waals surface area contributed by atoms with Gasteiger partial charge in [0, 0.05) is 12.3 Å². The molecule has 17 heavy (non-hydrogen) atoms. The standard InChI is InChI=1S/C11H19NO5/c1-8(2)9(13)7-12-10(14)3-5-17-6-4-11(15)16/h8H,3-7H2,1-2H3,(H,12,14)(H,15,16). The van der Waals surface area contributed by atoms with Crippen molar-refractivity contribution in [1.29, 1.82) is 0 Å². The number of amides is 1. The van der Waals surface area contributed by atoms with Crippen molar-refractivity contribution in [2.24, 2.45) is 5.92 Å². The predicted octanol–water partition coefficient (Wildman–Crippen LogP) is 0.209. The van der Waals surface area contributed by atoms with Crippen LogP contribution in [0.2, 0.25) is 0 Å². The molecule has 0 aromatic rings. The van der Waals surface area contributed by atoms with Gasteiger partial charge in [-0.25, -0.2) is 0 Å². The Balaban J connectivity index is 3.47. The summed E-state index contributed by atoms with van der Waals surface area (Å²) in [7, 11) is 0. The number of ether oxygens (including phenoxy) is 1. The van der Waals surface area contributed by atoms with E-state index >= 15 is 0 Å². The van der Waals surface area contributed by atoms with Crippen molar-refractivity contribution in [3.05, 3.63) is 0 Å². The van der Waals surface area contributed by atoms with Gasteiger partial charge in [0.15, 0.2) is 5.78 Å². The van der Waals surface area contributed by atoms with Crippen LogP contribution in [0.4, 0.5) is 0 Å². The molecule has 0 aliphatic carbocycles. The highest BCUT2D eigenvalue weighted by atomic mass is 16.5. The molecule has 6 nitrogen and oxygen atoms in total. The SMILES string of the molecule is CC(C)C(=O)CNC(=O)CCOCCC(=O)O. The first-order valence-corrected chi connectivity index (χ1v) is 5.52. The average Bonchev–Trinajstić information content (AvgIpc) is 2.24. The summed E-state index contributed by atoms with van der Waals surface area (Å²) in [6.45, 7) is 3.82. The van der Waals surface area contributed by atoms with Crippen LogP contribution in [0.15, 0.2) is 0 Å². The van der Waals surface area contributed by atoms with Crippen LogP contribution in [-0.4, -0.2) is 42.5 Å². The van der Waals surface area contributed by atoms with E-state index in [4.69, 9.17) is 9.84 Å². The highest BCUT2D eigenvalue weighted by molar-refractivity contribution is 5.87. The number of hydrogen-bond acceptors (Lipinski definition) is 4. The highest BCUT2D eigenvalue weighted by Gasteiger charge is 2.08. The maximum absolute atomic E-state index is 11.2. The predicted molar refractivity (Wildman–Crippen MR) is 60.5 cm³/mol. The second-order valence-electron chi connectivity index (χ2n) is 3.90. The second kappa shape index (κ2) is 8.69. The molecule has 98 valence electrons. The summed E-state index contributed by atoms with van der Waals surface area (Å²) in [5, 5.41) is 10.8. The maximum atomic E-state index is 11.2. The summed E-state index contributed by atoms with van der Waals surface area (Å²) in [5.41, 5.74) is 0. The van der Waals surface area contributed by atoms with Crippen molar-refractivity contribution in [3.8, 4) is 0 Å². The van der Waals surface area contributed by atoms with Gasteiger partial charge in [-0.15, -0.1) is 0 Å². The third-order valence-electron chi connectivity index (χ3n) is 2.04. The van der Waals surface area contributed by atoms with E-state index in [0.717, 1.165) is 0 Å². The van der Waals surface area contributed by atoms with Crippen molar-refractivity contribution in [2.75, 3.05) is 19.8 Å². The fraction of sp³-hybridized carbons (Fsp3) is 0.727. The minimum atomic E-state index is -0.933. The molecule has 2 N–H and O–H groups in total. The molecular weight excluding hydrogens is 226 g/mol. The van der Waals surface area contributed by atoms with Crippen molar-refractivity contribution in [3.63, 3.8) is 0 Å². The van der Waals surface area contributed by atoms with Crippen LogP contribution in [0.25, 0.3) is 0 Å². The van der Waals surface area contributed by atoms with Crippen LogP contribution >= 0.6 is 0 Å². The lowest BCUT2D eigenvalue weighted by Gasteiger charge is -2.06. The van der Waals surface area contributed by atoms with Gasteiger partial charge in [-0.3, -0.25) is 14.4 Å². The van der Waals surface area contributed by atoms with E-state index in [1.54, 1.807) is 13.8 Å². The first-order chi connectivity index (χ1) is 7.93. The Kier molecular flexibility index (Phi) is 7.96. The fourth-order valence-corrected chi connectivity index (χ4v) is 0.905. The molecular formula is C11H19NO5. The number of aliphatic carboxylic acids is 1. The van der Waals surface area contributed by atoms with Crippen molar-refractivity contribution >= 4 is 17.7 Å². The number of carbonyl (C=O) groups is 3. The van der Waals surface area contributed by atoms with Crippen LogP contribution in [0, 0.1) is 5.92 Å². The molecule has 0 heterocycles. The topological polar surface area (TPSA) is 92.7 Å². The van der Waals surface area contributed by atoms with Crippen LogP contribution in [0.1, 0.15) is 26.7 Å². The summed E-state index contributed by atoms with van der Waals surface area (Å²) >= 11 is 0. The molecule has 0 aromatic heterocycles. The average molecular weight is 245 g/mol. The monoisotopic (exact) mass is 245 g/mol. The van der Waals surface area contributed by atoms with E-state index in [1.807, 2.05) is 0 Å². The Bertz CT molecular complexity index is 275. The summed E-state index contributed by atoms with van der Waals surface area (Å²) in [4.78, 5) is 32.5.